The molecule has 0 aromatic rings. The van der Waals surface area contributed by atoms with E-state index in [2.05, 4.69) is 67.5 Å². The first-order valence-corrected chi connectivity index (χ1v) is 6.81. The Labute approximate surface area is 141 Å². The molecule has 0 aromatic heterocycles. The number of hydrogen-bond donors (Lipinski definition) is 0. The van der Waals surface area contributed by atoms with Gasteiger partial charge in [0.1, 0.15) is 0 Å². The van der Waals surface area contributed by atoms with E-state index in [-0.39, 0.29) is 29.1 Å². The predicted octanol–water partition coefficient (Wildman–Crippen LogP) is 5.67. The van der Waals surface area contributed by atoms with Gasteiger partial charge in [0.05, 0.1) is 0 Å². The third kappa shape index (κ3) is 4.42. The Morgan fingerprint density at radius 2 is 0.947 bits per heavy atom. The second-order valence-corrected chi connectivity index (χ2v) is 5.60. The van der Waals surface area contributed by atoms with Crippen LogP contribution in [-0.2, 0) is 26.2 Å². The summed E-state index contributed by atoms with van der Waals surface area (Å²) in [6.45, 7) is 17.3. The van der Waals surface area contributed by atoms with Crippen molar-refractivity contribution in [3.05, 3.63) is 45.6 Å². The van der Waals surface area contributed by atoms with Crippen molar-refractivity contribution in [1.82, 2.24) is 0 Å². The van der Waals surface area contributed by atoms with Gasteiger partial charge in [-0.25, -0.2) is 11.1 Å². The minimum absolute atomic E-state index is 0. The van der Waals surface area contributed by atoms with Crippen molar-refractivity contribution < 1.29 is 29.1 Å². The van der Waals surface area contributed by atoms with Gasteiger partial charge in [-0.3, -0.25) is 12.2 Å². The zero-order chi connectivity index (χ0) is 14.0. The van der Waals surface area contributed by atoms with Crippen LogP contribution in [0.15, 0.2) is 33.4 Å². The third-order valence-electron chi connectivity index (χ3n) is 4.47. The van der Waals surface area contributed by atoms with Gasteiger partial charge in [0, 0.05) is 0 Å². The minimum atomic E-state index is 0. The second kappa shape index (κ2) is 7.58. The summed E-state index contributed by atoms with van der Waals surface area (Å²) in [5, 5.41) is 0. The van der Waals surface area contributed by atoms with Crippen molar-refractivity contribution in [2.45, 2.75) is 55.4 Å². The second-order valence-electron chi connectivity index (χ2n) is 5.60. The smallest absolute Gasteiger partial charge is 1.00 e. The molecule has 0 aliphatic heterocycles. The van der Waals surface area contributed by atoms with Gasteiger partial charge in [-0.1, -0.05) is 53.4 Å². The van der Waals surface area contributed by atoms with E-state index >= 15 is 0 Å². The summed E-state index contributed by atoms with van der Waals surface area (Å²) < 4.78 is 0. The molecular formula is C18H28Zr. The van der Waals surface area contributed by atoms with E-state index in [1.807, 2.05) is 0 Å². The molecule has 2 rings (SSSR count). The van der Waals surface area contributed by atoms with Gasteiger partial charge < -0.3 is 2.85 Å². The molecule has 19 heavy (non-hydrogen) atoms. The van der Waals surface area contributed by atoms with Crippen LogP contribution in [0.25, 0.3) is 0 Å². The Morgan fingerprint density at radius 1 is 0.684 bits per heavy atom. The van der Waals surface area contributed by atoms with Crippen LogP contribution in [0.3, 0.4) is 0 Å². The van der Waals surface area contributed by atoms with Gasteiger partial charge in [-0.05, 0) is 0 Å². The van der Waals surface area contributed by atoms with Gasteiger partial charge >= 0.3 is 26.2 Å². The Morgan fingerprint density at radius 3 is 1.00 bits per heavy atom. The zero-order valence-corrected chi connectivity index (χ0v) is 16.1. The molecule has 0 aromatic carbocycles. The summed E-state index contributed by atoms with van der Waals surface area (Å²) in [7, 11) is 0. The molecule has 0 radical (unpaired) electrons. The van der Waals surface area contributed by atoms with E-state index < -0.39 is 0 Å². The van der Waals surface area contributed by atoms with E-state index in [0.29, 0.717) is 11.8 Å². The third-order valence-corrected chi connectivity index (χ3v) is 4.47. The van der Waals surface area contributed by atoms with E-state index in [1.165, 1.54) is 33.4 Å². The number of allylic oxidation sites excluding steroid dienone is 8. The fraction of sp³-hybridized carbons (Fsp3) is 0.556. The SMILES string of the molecule is CC1=[C-]C(C)C(C)=C1C.CC1=[C-]C(C)C(C)=C1C.[H-].[H-].[Zr+4]. The maximum absolute atomic E-state index is 3.36. The van der Waals surface area contributed by atoms with Crippen molar-refractivity contribution >= 4 is 0 Å². The van der Waals surface area contributed by atoms with E-state index in [0.717, 1.165) is 0 Å². The van der Waals surface area contributed by atoms with Crippen LogP contribution in [-0.4, -0.2) is 0 Å². The van der Waals surface area contributed by atoms with Gasteiger partial charge in [-0.15, -0.1) is 13.8 Å². The van der Waals surface area contributed by atoms with Crippen molar-refractivity contribution in [1.29, 1.82) is 0 Å². The summed E-state index contributed by atoms with van der Waals surface area (Å²) in [6.07, 6.45) is 6.72. The van der Waals surface area contributed by atoms with Crippen LogP contribution < -0.4 is 0 Å². The topological polar surface area (TPSA) is 0 Å². The predicted molar refractivity (Wildman–Crippen MR) is 82.2 cm³/mol. The fourth-order valence-corrected chi connectivity index (χ4v) is 2.32. The maximum Gasteiger partial charge on any atom is 4.00 e. The molecule has 104 valence electrons. The van der Waals surface area contributed by atoms with Crippen LogP contribution in [0.2, 0.25) is 0 Å². The molecule has 2 aliphatic carbocycles. The first kappa shape index (κ1) is 18.8. The minimum Gasteiger partial charge on any atom is -1.00 e. The first-order valence-electron chi connectivity index (χ1n) is 6.81. The average molecular weight is 336 g/mol. The van der Waals surface area contributed by atoms with Crippen molar-refractivity contribution in [3.8, 4) is 0 Å². The molecule has 0 bridgehead atoms. The molecule has 1 heteroatoms. The maximum atomic E-state index is 3.36. The van der Waals surface area contributed by atoms with Crippen LogP contribution in [0.4, 0.5) is 0 Å². The van der Waals surface area contributed by atoms with E-state index in [4.69, 9.17) is 0 Å². The molecule has 0 amide bonds. The molecule has 2 aliphatic rings. The van der Waals surface area contributed by atoms with Gasteiger partial charge in [0.2, 0.25) is 0 Å². The van der Waals surface area contributed by atoms with Crippen molar-refractivity contribution in [2.24, 2.45) is 11.8 Å². The van der Waals surface area contributed by atoms with Crippen molar-refractivity contribution in [3.63, 3.8) is 0 Å². The Hall–Kier alpha value is -0.157. The van der Waals surface area contributed by atoms with Crippen LogP contribution in [0.1, 0.15) is 58.2 Å². The van der Waals surface area contributed by atoms with Gasteiger partial charge in [-0.2, -0.15) is 22.3 Å². The molecule has 0 spiro atoms. The average Bonchev–Trinajstić information content (AvgIpc) is 2.66. The Bertz CT molecular complexity index is 424. The van der Waals surface area contributed by atoms with Crippen molar-refractivity contribution in [2.75, 3.05) is 0 Å². The zero-order valence-electron chi connectivity index (χ0n) is 15.7. The molecule has 2 unspecified atom stereocenters. The summed E-state index contributed by atoms with van der Waals surface area (Å²) in [6, 6.07) is 0. The summed E-state index contributed by atoms with van der Waals surface area (Å²) >= 11 is 0. The van der Waals surface area contributed by atoms with Gasteiger partial charge in [0.15, 0.2) is 0 Å². The first-order chi connectivity index (χ1) is 8.25. The molecule has 2 atom stereocenters. The normalized spacial score (nSPS) is 25.7. The van der Waals surface area contributed by atoms with Crippen LogP contribution in [0.5, 0.6) is 0 Å². The van der Waals surface area contributed by atoms with E-state index in [1.54, 1.807) is 0 Å². The van der Waals surface area contributed by atoms with Crippen LogP contribution in [0, 0.1) is 24.0 Å². The molecule has 0 heterocycles. The van der Waals surface area contributed by atoms with E-state index in [9.17, 15) is 0 Å². The quantitative estimate of drug-likeness (QED) is 0.501. The molecular weight excluding hydrogens is 307 g/mol. The fourth-order valence-electron chi connectivity index (χ4n) is 2.32. The molecule has 0 fully saturated rings. The Balaban J connectivity index is -0.000000270. The molecule has 0 saturated heterocycles. The number of hydrogen-bond acceptors (Lipinski definition) is 0. The standard InChI is InChI=1S/2C9H13.Zr.2H/c2*1-6-5-7(2)9(4)8(6)3;;;/h2*6H,1-4H3;;;/q2*-1;+4;2*-1. The van der Waals surface area contributed by atoms with Gasteiger partial charge in [0.25, 0.3) is 0 Å². The van der Waals surface area contributed by atoms with Crippen LogP contribution >= 0.6 is 0 Å². The summed E-state index contributed by atoms with van der Waals surface area (Å²) in [4.78, 5) is 0. The largest absolute Gasteiger partial charge is 4.00 e. The summed E-state index contributed by atoms with van der Waals surface area (Å²) in [5.74, 6) is 1.12. The summed E-state index contributed by atoms with van der Waals surface area (Å²) in [5.41, 5.74) is 8.49. The Kier molecular flexibility index (Phi) is 7.52. The molecule has 0 nitrogen and oxygen atoms in total. The monoisotopic (exact) mass is 334 g/mol. The molecule has 0 N–H and O–H groups in total. The number of rotatable bonds is 0. The molecule has 0 saturated carbocycles.